The van der Waals surface area contributed by atoms with Crippen molar-refractivity contribution in [3.8, 4) is 0 Å². The van der Waals surface area contributed by atoms with Crippen molar-refractivity contribution in [2.75, 3.05) is 6.54 Å². The monoisotopic (exact) mass is 206 g/mol. The molecule has 0 amide bonds. The van der Waals surface area contributed by atoms with E-state index in [9.17, 15) is 13.2 Å². The zero-order chi connectivity index (χ0) is 10.8. The van der Waals surface area contributed by atoms with Gasteiger partial charge in [-0.05, 0) is 19.4 Å². The standard InChI is InChI=1S/C9H13F3N2/c1-8(14-6-9(10,11)12)4-2-7(13)3-5-8/h2-4,14H,5-6,13H2,1H3. The third-order valence-electron chi connectivity index (χ3n) is 2.10. The van der Waals surface area contributed by atoms with E-state index >= 15 is 0 Å². The van der Waals surface area contributed by atoms with E-state index in [1.807, 2.05) is 0 Å². The first kappa shape index (κ1) is 11.1. The van der Waals surface area contributed by atoms with Crippen molar-refractivity contribution in [1.29, 1.82) is 0 Å². The fraction of sp³-hybridized carbons (Fsp3) is 0.556. The van der Waals surface area contributed by atoms with Gasteiger partial charge in [0.1, 0.15) is 0 Å². The fourth-order valence-electron chi connectivity index (χ4n) is 1.18. The third-order valence-corrected chi connectivity index (χ3v) is 2.10. The lowest BCUT2D eigenvalue weighted by Gasteiger charge is -2.29. The van der Waals surface area contributed by atoms with Crippen LogP contribution in [-0.2, 0) is 0 Å². The Morgan fingerprint density at radius 3 is 2.64 bits per heavy atom. The highest BCUT2D eigenvalue weighted by molar-refractivity contribution is 5.26. The Labute approximate surface area is 80.7 Å². The zero-order valence-corrected chi connectivity index (χ0v) is 7.86. The van der Waals surface area contributed by atoms with Crippen molar-refractivity contribution in [2.45, 2.75) is 25.1 Å². The van der Waals surface area contributed by atoms with E-state index in [0.29, 0.717) is 12.1 Å². The SMILES string of the molecule is CC1(NCC(F)(F)F)C=CC(N)=CC1. The minimum Gasteiger partial charge on any atom is -0.399 e. The molecule has 0 bridgehead atoms. The number of rotatable bonds is 2. The van der Waals surface area contributed by atoms with E-state index in [1.54, 1.807) is 25.2 Å². The molecular formula is C9H13F3N2. The van der Waals surface area contributed by atoms with Gasteiger partial charge < -0.3 is 5.73 Å². The van der Waals surface area contributed by atoms with Crippen molar-refractivity contribution in [2.24, 2.45) is 5.73 Å². The summed E-state index contributed by atoms with van der Waals surface area (Å²) in [4.78, 5) is 0. The molecular weight excluding hydrogens is 193 g/mol. The molecule has 1 atom stereocenters. The van der Waals surface area contributed by atoms with Crippen molar-refractivity contribution >= 4 is 0 Å². The van der Waals surface area contributed by atoms with E-state index in [0.717, 1.165) is 0 Å². The van der Waals surface area contributed by atoms with Crippen LogP contribution in [0.4, 0.5) is 13.2 Å². The molecule has 0 radical (unpaired) electrons. The first-order valence-electron chi connectivity index (χ1n) is 4.27. The van der Waals surface area contributed by atoms with Crippen LogP contribution in [0.15, 0.2) is 23.9 Å². The van der Waals surface area contributed by atoms with Crippen LogP contribution in [-0.4, -0.2) is 18.3 Å². The van der Waals surface area contributed by atoms with Gasteiger partial charge in [0, 0.05) is 11.2 Å². The molecule has 3 N–H and O–H groups in total. The molecule has 0 spiro atoms. The summed E-state index contributed by atoms with van der Waals surface area (Å²) in [6.07, 6.45) is 1.29. The molecule has 1 aliphatic carbocycles. The Morgan fingerprint density at radius 1 is 1.57 bits per heavy atom. The van der Waals surface area contributed by atoms with Crippen LogP contribution in [0.25, 0.3) is 0 Å². The van der Waals surface area contributed by atoms with Crippen molar-refractivity contribution in [3.63, 3.8) is 0 Å². The lowest BCUT2D eigenvalue weighted by atomic mass is 9.92. The van der Waals surface area contributed by atoms with Gasteiger partial charge in [-0.2, -0.15) is 13.2 Å². The van der Waals surface area contributed by atoms with Crippen LogP contribution in [0.2, 0.25) is 0 Å². The highest BCUT2D eigenvalue weighted by atomic mass is 19.4. The molecule has 1 aliphatic rings. The number of nitrogens with one attached hydrogen (secondary N) is 1. The maximum Gasteiger partial charge on any atom is 0.401 e. The summed E-state index contributed by atoms with van der Waals surface area (Å²) in [5.41, 5.74) is 5.42. The van der Waals surface area contributed by atoms with E-state index in [2.05, 4.69) is 5.32 Å². The molecule has 5 heteroatoms. The summed E-state index contributed by atoms with van der Waals surface area (Å²) in [6, 6.07) is 0. The normalized spacial score (nSPS) is 27.6. The molecule has 80 valence electrons. The van der Waals surface area contributed by atoms with Crippen molar-refractivity contribution < 1.29 is 13.2 Å². The second-order valence-corrected chi connectivity index (χ2v) is 3.63. The van der Waals surface area contributed by atoms with Gasteiger partial charge in [0.05, 0.1) is 6.54 Å². The summed E-state index contributed by atoms with van der Waals surface area (Å²) in [6.45, 7) is 0.722. The quantitative estimate of drug-likeness (QED) is 0.721. The van der Waals surface area contributed by atoms with Crippen LogP contribution >= 0.6 is 0 Å². The lowest BCUT2D eigenvalue weighted by Crippen LogP contribution is -2.45. The zero-order valence-electron chi connectivity index (χ0n) is 7.86. The maximum absolute atomic E-state index is 11.9. The van der Waals surface area contributed by atoms with Gasteiger partial charge in [0.25, 0.3) is 0 Å². The predicted octanol–water partition coefficient (Wildman–Crippen LogP) is 1.70. The Kier molecular flexibility index (Phi) is 2.89. The fourth-order valence-corrected chi connectivity index (χ4v) is 1.18. The maximum atomic E-state index is 11.9. The van der Waals surface area contributed by atoms with Gasteiger partial charge in [-0.15, -0.1) is 0 Å². The van der Waals surface area contributed by atoms with Crippen LogP contribution in [0, 0.1) is 0 Å². The van der Waals surface area contributed by atoms with E-state index in [-0.39, 0.29) is 0 Å². The minimum absolute atomic E-state index is 0.478. The van der Waals surface area contributed by atoms with Crippen molar-refractivity contribution in [1.82, 2.24) is 5.32 Å². The number of hydrogen-bond acceptors (Lipinski definition) is 2. The summed E-state index contributed by atoms with van der Waals surface area (Å²) in [7, 11) is 0. The Hall–Kier alpha value is -0.970. The van der Waals surface area contributed by atoms with Gasteiger partial charge in [-0.25, -0.2) is 0 Å². The van der Waals surface area contributed by atoms with Crippen LogP contribution in [0.5, 0.6) is 0 Å². The summed E-state index contributed by atoms with van der Waals surface area (Å²) >= 11 is 0. The van der Waals surface area contributed by atoms with Crippen LogP contribution < -0.4 is 11.1 Å². The molecule has 14 heavy (non-hydrogen) atoms. The van der Waals surface area contributed by atoms with E-state index < -0.39 is 18.3 Å². The summed E-state index contributed by atoms with van der Waals surface area (Å²) < 4.78 is 35.8. The largest absolute Gasteiger partial charge is 0.401 e. The minimum atomic E-state index is -4.18. The highest BCUT2D eigenvalue weighted by Gasteiger charge is 2.31. The average molecular weight is 206 g/mol. The lowest BCUT2D eigenvalue weighted by molar-refractivity contribution is -0.127. The molecule has 0 aliphatic heterocycles. The Morgan fingerprint density at radius 2 is 2.21 bits per heavy atom. The molecule has 0 saturated carbocycles. The molecule has 1 rings (SSSR count). The number of allylic oxidation sites excluding steroid dienone is 1. The van der Waals surface area contributed by atoms with Gasteiger partial charge in [-0.3, -0.25) is 5.32 Å². The smallest absolute Gasteiger partial charge is 0.399 e. The molecule has 1 unspecified atom stereocenters. The highest BCUT2D eigenvalue weighted by Crippen LogP contribution is 2.21. The molecule has 2 nitrogen and oxygen atoms in total. The second-order valence-electron chi connectivity index (χ2n) is 3.63. The molecule has 0 aromatic heterocycles. The topological polar surface area (TPSA) is 38.0 Å². The first-order chi connectivity index (χ1) is 6.31. The third kappa shape index (κ3) is 3.41. The number of nitrogens with two attached hydrogens (primary N) is 1. The van der Waals surface area contributed by atoms with Gasteiger partial charge in [0.15, 0.2) is 0 Å². The van der Waals surface area contributed by atoms with Crippen LogP contribution in [0.3, 0.4) is 0 Å². The molecule has 0 heterocycles. The van der Waals surface area contributed by atoms with E-state index in [1.165, 1.54) is 0 Å². The molecule has 0 fully saturated rings. The summed E-state index contributed by atoms with van der Waals surface area (Å²) in [5, 5.41) is 2.45. The van der Waals surface area contributed by atoms with Crippen molar-refractivity contribution in [3.05, 3.63) is 23.9 Å². The molecule has 0 saturated heterocycles. The number of hydrogen-bond donors (Lipinski definition) is 2. The predicted molar refractivity (Wildman–Crippen MR) is 48.5 cm³/mol. The summed E-state index contributed by atoms with van der Waals surface area (Å²) in [5.74, 6) is 0. The average Bonchev–Trinajstić information content (AvgIpc) is 2.07. The first-order valence-corrected chi connectivity index (χ1v) is 4.27. The van der Waals surface area contributed by atoms with E-state index in [4.69, 9.17) is 5.73 Å². The van der Waals surface area contributed by atoms with Gasteiger partial charge in [-0.1, -0.05) is 12.2 Å². The second kappa shape index (κ2) is 3.65. The Bertz CT molecular complexity index is 268. The van der Waals surface area contributed by atoms with Gasteiger partial charge >= 0.3 is 6.18 Å². The molecule has 0 aromatic carbocycles. The van der Waals surface area contributed by atoms with Gasteiger partial charge in [0.2, 0.25) is 0 Å². The number of alkyl halides is 3. The number of halogens is 3. The van der Waals surface area contributed by atoms with Crippen LogP contribution in [0.1, 0.15) is 13.3 Å². The Balaban J connectivity index is 2.50. The molecule has 0 aromatic rings.